The van der Waals surface area contributed by atoms with Crippen molar-refractivity contribution in [3.63, 3.8) is 0 Å². The van der Waals surface area contributed by atoms with Crippen molar-refractivity contribution in [3.05, 3.63) is 101 Å². The first-order chi connectivity index (χ1) is 15.7. The number of ketones is 1. The second-order valence-corrected chi connectivity index (χ2v) is 7.74. The standard InChI is InChI=1S/C25H18ClF3N2O2/c1-16(32)18-5-4-6-19(13-18)17-9-11-21(12-10-17)33-15-20-14-24(25(27,28)29)30-31(20)23-8-3-2-7-22(23)26/h2-14H,15H2,1H3. The molecule has 0 N–H and O–H groups in total. The molecule has 33 heavy (non-hydrogen) atoms. The molecule has 0 bridgehead atoms. The summed E-state index contributed by atoms with van der Waals surface area (Å²) >= 11 is 6.17. The number of Topliss-reactive ketones (excluding diaryl/α,β-unsaturated/α-hetero) is 1. The summed E-state index contributed by atoms with van der Waals surface area (Å²) in [6, 6.07) is 21.8. The first-order valence-corrected chi connectivity index (χ1v) is 10.4. The molecular weight excluding hydrogens is 453 g/mol. The molecule has 1 aromatic heterocycles. The van der Waals surface area contributed by atoms with Gasteiger partial charge in [-0.3, -0.25) is 4.79 Å². The van der Waals surface area contributed by atoms with Crippen LogP contribution < -0.4 is 4.74 Å². The Morgan fingerprint density at radius 2 is 1.70 bits per heavy atom. The summed E-state index contributed by atoms with van der Waals surface area (Å²) in [5, 5.41) is 3.97. The number of carbonyl (C=O) groups excluding carboxylic acids is 1. The van der Waals surface area contributed by atoms with E-state index in [2.05, 4.69) is 5.10 Å². The predicted molar refractivity (Wildman–Crippen MR) is 120 cm³/mol. The van der Waals surface area contributed by atoms with Crippen molar-refractivity contribution in [1.29, 1.82) is 0 Å². The zero-order chi connectivity index (χ0) is 23.6. The Kier molecular flexibility index (Phi) is 6.24. The van der Waals surface area contributed by atoms with Crippen LogP contribution in [-0.2, 0) is 12.8 Å². The average Bonchev–Trinajstić information content (AvgIpc) is 3.23. The number of rotatable bonds is 6. The van der Waals surface area contributed by atoms with E-state index in [1.165, 1.54) is 6.92 Å². The van der Waals surface area contributed by atoms with E-state index in [4.69, 9.17) is 16.3 Å². The summed E-state index contributed by atoms with van der Waals surface area (Å²) in [4.78, 5) is 11.6. The monoisotopic (exact) mass is 470 g/mol. The molecule has 4 nitrogen and oxygen atoms in total. The SMILES string of the molecule is CC(=O)c1cccc(-c2ccc(OCc3cc(C(F)(F)F)nn3-c3ccccc3Cl)cc2)c1. The largest absolute Gasteiger partial charge is 0.487 e. The van der Waals surface area contributed by atoms with Crippen molar-refractivity contribution >= 4 is 17.4 Å². The average molecular weight is 471 g/mol. The summed E-state index contributed by atoms with van der Waals surface area (Å²) in [5.74, 6) is 0.451. The summed E-state index contributed by atoms with van der Waals surface area (Å²) < 4.78 is 46.7. The van der Waals surface area contributed by atoms with Crippen molar-refractivity contribution in [2.24, 2.45) is 0 Å². The Bertz CT molecular complexity index is 1300. The van der Waals surface area contributed by atoms with Crippen LogP contribution in [0.5, 0.6) is 5.75 Å². The maximum Gasteiger partial charge on any atom is 0.435 e. The number of hydrogen-bond acceptors (Lipinski definition) is 3. The molecule has 168 valence electrons. The Balaban J connectivity index is 1.57. The van der Waals surface area contributed by atoms with Crippen molar-refractivity contribution in [2.45, 2.75) is 19.7 Å². The third-order valence-corrected chi connectivity index (χ3v) is 5.32. The van der Waals surface area contributed by atoms with E-state index < -0.39 is 11.9 Å². The molecule has 0 amide bonds. The highest BCUT2D eigenvalue weighted by Gasteiger charge is 2.35. The fourth-order valence-corrected chi connectivity index (χ4v) is 3.53. The third kappa shape index (κ3) is 5.09. The molecule has 0 saturated carbocycles. The van der Waals surface area contributed by atoms with Crippen LogP contribution in [0.3, 0.4) is 0 Å². The van der Waals surface area contributed by atoms with E-state index in [1.807, 2.05) is 24.3 Å². The second kappa shape index (κ2) is 9.11. The van der Waals surface area contributed by atoms with Crippen LogP contribution in [0.25, 0.3) is 16.8 Å². The van der Waals surface area contributed by atoms with E-state index in [9.17, 15) is 18.0 Å². The molecule has 0 saturated heterocycles. The molecule has 0 atom stereocenters. The Morgan fingerprint density at radius 3 is 2.36 bits per heavy atom. The van der Waals surface area contributed by atoms with Gasteiger partial charge in [-0.15, -0.1) is 0 Å². The number of nitrogens with zero attached hydrogens (tertiary/aromatic N) is 2. The van der Waals surface area contributed by atoms with E-state index >= 15 is 0 Å². The third-order valence-electron chi connectivity index (χ3n) is 5.00. The van der Waals surface area contributed by atoms with Crippen LogP contribution in [-0.4, -0.2) is 15.6 Å². The van der Waals surface area contributed by atoms with Crippen molar-refractivity contribution in [2.75, 3.05) is 0 Å². The molecular formula is C25H18ClF3N2O2. The fourth-order valence-electron chi connectivity index (χ4n) is 3.31. The summed E-state index contributed by atoms with van der Waals surface area (Å²) in [6.07, 6.45) is -4.60. The number of para-hydroxylation sites is 1. The molecule has 0 aliphatic heterocycles. The highest BCUT2D eigenvalue weighted by molar-refractivity contribution is 6.32. The van der Waals surface area contributed by atoms with Gasteiger partial charge in [0.1, 0.15) is 12.4 Å². The van der Waals surface area contributed by atoms with Gasteiger partial charge < -0.3 is 4.74 Å². The van der Waals surface area contributed by atoms with Crippen LogP contribution in [0.15, 0.2) is 78.9 Å². The number of hydrogen-bond donors (Lipinski definition) is 0. The molecule has 8 heteroatoms. The molecule has 0 spiro atoms. The quantitative estimate of drug-likeness (QED) is 0.285. The molecule has 3 aromatic carbocycles. The maximum absolute atomic E-state index is 13.3. The van der Waals surface area contributed by atoms with Gasteiger partial charge in [-0.05, 0) is 54.4 Å². The lowest BCUT2D eigenvalue weighted by Crippen LogP contribution is -2.08. The number of alkyl halides is 3. The van der Waals surface area contributed by atoms with Crippen molar-refractivity contribution in [3.8, 4) is 22.6 Å². The van der Waals surface area contributed by atoms with Gasteiger partial charge in [-0.25, -0.2) is 4.68 Å². The van der Waals surface area contributed by atoms with Gasteiger partial charge >= 0.3 is 6.18 Å². The first-order valence-electron chi connectivity index (χ1n) is 9.97. The lowest BCUT2D eigenvalue weighted by molar-refractivity contribution is -0.141. The molecule has 0 aliphatic rings. The van der Waals surface area contributed by atoms with Crippen molar-refractivity contribution in [1.82, 2.24) is 9.78 Å². The number of carbonyl (C=O) groups is 1. The number of benzene rings is 3. The van der Waals surface area contributed by atoms with Gasteiger partial charge in [0, 0.05) is 5.56 Å². The Labute approximate surface area is 193 Å². The summed E-state index contributed by atoms with van der Waals surface area (Å²) in [7, 11) is 0. The van der Waals surface area contributed by atoms with Gasteiger partial charge in [0.05, 0.1) is 16.4 Å². The van der Waals surface area contributed by atoms with Crippen molar-refractivity contribution < 1.29 is 22.7 Å². The van der Waals surface area contributed by atoms with Crippen LogP contribution in [0.1, 0.15) is 28.7 Å². The van der Waals surface area contributed by atoms with Gasteiger partial charge in [0.25, 0.3) is 0 Å². The molecule has 4 aromatic rings. The lowest BCUT2D eigenvalue weighted by atomic mass is 10.0. The molecule has 0 unspecified atom stereocenters. The highest BCUT2D eigenvalue weighted by Crippen LogP contribution is 2.31. The summed E-state index contributed by atoms with van der Waals surface area (Å²) in [6.45, 7) is 1.36. The minimum atomic E-state index is -4.60. The summed E-state index contributed by atoms with van der Waals surface area (Å²) in [5.41, 5.74) is 1.87. The number of ether oxygens (including phenoxy) is 1. The smallest absolute Gasteiger partial charge is 0.435 e. The number of aromatic nitrogens is 2. The molecule has 0 fully saturated rings. The predicted octanol–water partition coefficient (Wildman–Crippen LogP) is 6.99. The first kappa shape index (κ1) is 22.6. The Hall–Kier alpha value is -3.58. The van der Waals surface area contributed by atoms with E-state index in [0.29, 0.717) is 17.0 Å². The van der Waals surface area contributed by atoms with Crippen LogP contribution in [0.2, 0.25) is 5.02 Å². The van der Waals surface area contributed by atoms with Gasteiger partial charge in [-0.1, -0.05) is 54.1 Å². The minimum absolute atomic E-state index is 0.0230. The molecule has 1 heterocycles. The second-order valence-electron chi connectivity index (χ2n) is 7.33. The zero-order valence-corrected chi connectivity index (χ0v) is 18.2. The Morgan fingerprint density at radius 1 is 0.970 bits per heavy atom. The van der Waals surface area contributed by atoms with Gasteiger partial charge in [-0.2, -0.15) is 18.3 Å². The van der Waals surface area contributed by atoms with Gasteiger partial charge in [0.15, 0.2) is 11.5 Å². The highest BCUT2D eigenvalue weighted by atomic mass is 35.5. The van der Waals surface area contributed by atoms with E-state index in [-0.39, 0.29) is 23.1 Å². The minimum Gasteiger partial charge on any atom is -0.487 e. The zero-order valence-electron chi connectivity index (χ0n) is 17.4. The fraction of sp³-hybridized carbons (Fsp3) is 0.120. The maximum atomic E-state index is 13.3. The van der Waals surface area contributed by atoms with E-state index in [1.54, 1.807) is 48.5 Å². The van der Waals surface area contributed by atoms with Crippen LogP contribution in [0, 0.1) is 0 Å². The lowest BCUT2D eigenvalue weighted by Gasteiger charge is -2.11. The number of halogens is 4. The molecule has 4 rings (SSSR count). The topological polar surface area (TPSA) is 44.1 Å². The molecule has 0 aliphatic carbocycles. The van der Waals surface area contributed by atoms with Crippen LogP contribution >= 0.6 is 11.6 Å². The normalized spacial score (nSPS) is 11.4. The van der Waals surface area contributed by atoms with E-state index in [0.717, 1.165) is 21.9 Å². The van der Waals surface area contributed by atoms with Gasteiger partial charge in [0.2, 0.25) is 0 Å². The molecule has 0 radical (unpaired) electrons. The van der Waals surface area contributed by atoms with Crippen LogP contribution in [0.4, 0.5) is 13.2 Å².